The van der Waals surface area contributed by atoms with Gasteiger partial charge in [0, 0.05) is 13.6 Å². The van der Waals surface area contributed by atoms with Crippen LogP contribution in [0, 0.1) is 0 Å². The highest BCUT2D eigenvalue weighted by molar-refractivity contribution is 8.26. The summed E-state index contributed by atoms with van der Waals surface area (Å²) in [6, 6.07) is 17.2. The molecule has 1 saturated heterocycles. The first-order chi connectivity index (χ1) is 14.0. The molecule has 0 spiro atoms. The largest absolute Gasteiger partial charge is 0.494 e. The van der Waals surface area contributed by atoms with Gasteiger partial charge in [-0.2, -0.15) is 0 Å². The second-order valence-electron chi connectivity index (χ2n) is 6.51. The van der Waals surface area contributed by atoms with E-state index < -0.39 is 0 Å². The maximum Gasteiger partial charge on any atom is 0.266 e. The first kappa shape index (κ1) is 21.1. The molecule has 0 unspecified atom stereocenters. The summed E-state index contributed by atoms with van der Waals surface area (Å²) in [6.07, 6.45) is 1.78. The van der Waals surface area contributed by atoms with E-state index in [1.54, 1.807) is 18.0 Å². The van der Waals surface area contributed by atoms with E-state index in [0.29, 0.717) is 22.4 Å². The summed E-state index contributed by atoms with van der Waals surface area (Å²) in [6.45, 7) is 2.95. The molecule has 0 aliphatic carbocycles. The summed E-state index contributed by atoms with van der Waals surface area (Å²) in [5.74, 6) is 0.382. The first-order valence-electron chi connectivity index (χ1n) is 9.24. The van der Waals surface area contributed by atoms with Crippen molar-refractivity contribution in [3.63, 3.8) is 0 Å². The molecular weight excluding hydrogens is 404 g/mol. The lowest BCUT2D eigenvalue weighted by atomic mass is 10.2. The quantitative estimate of drug-likeness (QED) is 0.496. The molecular formula is C22H22N2O3S2. The Morgan fingerprint density at radius 3 is 2.52 bits per heavy atom. The average molecular weight is 427 g/mol. The van der Waals surface area contributed by atoms with E-state index in [1.165, 1.54) is 16.7 Å². The number of amides is 2. The summed E-state index contributed by atoms with van der Waals surface area (Å²) < 4.78 is 5.83. The lowest BCUT2D eigenvalue weighted by Crippen LogP contribution is -2.40. The van der Waals surface area contributed by atoms with Gasteiger partial charge in [-0.15, -0.1) is 0 Å². The lowest BCUT2D eigenvalue weighted by Gasteiger charge is -2.21. The summed E-state index contributed by atoms with van der Waals surface area (Å²) in [7, 11) is 1.72. The molecule has 2 aromatic rings. The highest BCUT2D eigenvalue weighted by Crippen LogP contribution is 2.32. The zero-order valence-electron chi connectivity index (χ0n) is 16.3. The highest BCUT2D eigenvalue weighted by Gasteiger charge is 2.34. The second-order valence-corrected chi connectivity index (χ2v) is 8.18. The fourth-order valence-electron chi connectivity index (χ4n) is 2.82. The predicted molar refractivity (Wildman–Crippen MR) is 120 cm³/mol. The summed E-state index contributed by atoms with van der Waals surface area (Å²) in [5, 5.41) is 0. The zero-order chi connectivity index (χ0) is 20.8. The van der Waals surface area contributed by atoms with E-state index in [-0.39, 0.29) is 18.4 Å². The number of hydrogen-bond donors (Lipinski definition) is 0. The molecule has 0 saturated carbocycles. The van der Waals surface area contributed by atoms with Crippen molar-refractivity contribution < 1.29 is 14.3 Å². The molecule has 150 valence electrons. The van der Waals surface area contributed by atoms with Gasteiger partial charge < -0.3 is 9.64 Å². The van der Waals surface area contributed by atoms with E-state index in [1.807, 2.05) is 61.5 Å². The number of thioether (sulfide) groups is 1. The van der Waals surface area contributed by atoms with Crippen molar-refractivity contribution in [2.75, 3.05) is 20.2 Å². The maximum atomic E-state index is 12.8. The van der Waals surface area contributed by atoms with Gasteiger partial charge in [0.15, 0.2) is 0 Å². The van der Waals surface area contributed by atoms with Crippen LogP contribution >= 0.6 is 24.0 Å². The van der Waals surface area contributed by atoms with Crippen molar-refractivity contribution >= 4 is 46.2 Å². The van der Waals surface area contributed by atoms with Gasteiger partial charge >= 0.3 is 0 Å². The smallest absolute Gasteiger partial charge is 0.266 e. The van der Waals surface area contributed by atoms with E-state index in [4.69, 9.17) is 17.0 Å². The molecule has 29 heavy (non-hydrogen) atoms. The highest BCUT2D eigenvalue weighted by atomic mass is 32.2. The molecule has 3 rings (SSSR count). The van der Waals surface area contributed by atoms with Gasteiger partial charge in [-0.25, -0.2) is 0 Å². The predicted octanol–water partition coefficient (Wildman–Crippen LogP) is 3.95. The van der Waals surface area contributed by atoms with E-state index >= 15 is 0 Å². The Balaban J connectivity index is 1.64. The van der Waals surface area contributed by atoms with E-state index in [9.17, 15) is 9.59 Å². The molecule has 1 aliphatic rings. The number of carbonyl (C=O) groups is 2. The third kappa shape index (κ3) is 5.46. The molecule has 7 heteroatoms. The van der Waals surface area contributed by atoms with Crippen molar-refractivity contribution in [1.29, 1.82) is 0 Å². The Morgan fingerprint density at radius 1 is 1.17 bits per heavy atom. The first-order valence-corrected chi connectivity index (χ1v) is 10.5. The molecule has 0 N–H and O–H groups in total. The van der Waals surface area contributed by atoms with Crippen molar-refractivity contribution in [3.05, 3.63) is 70.6 Å². The number of benzene rings is 2. The minimum Gasteiger partial charge on any atom is -0.494 e. The zero-order valence-corrected chi connectivity index (χ0v) is 18.0. The third-order valence-electron chi connectivity index (χ3n) is 4.34. The third-order valence-corrected chi connectivity index (χ3v) is 5.72. The number of hydrogen-bond acceptors (Lipinski definition) is 5. The molecule has 5 nitrogen and oxygen atoms in total. The Hall–Kier alpha value is -2.64. The number of rotatable bonds is 7. The van der Waals surface area contributed by atoms with Crippen molar-refractivity contribution in [3.8, 4) is 5.75 Å². The van der Waals surface area contributed by atoms with Crippen LogP contribution < -0.4 is 4.74 Å². The van der Waals surface area contributed by atoms with E-state index in [2.05, 4.69) is 0 Å². The Morgan fingerprint density at radius 2 is 1.86 bits per heavy atom. The summed E-state index contributed by atoms with van der Waals surface area (Å²) in [5.41, 5.74) is 1.91. The van der Waals surface area contributed by atoms with Gasteiger partial charge in [0.25, 0.3) is 5.91 Å². The molecule has 1 heterocycles. The topological polar surface area (TPSA) is 49.9 Å². The average Bonchev–Trinajstić information content (AvgIpc) is 2.97. The standard InChI is InChI=1S/C22H22N2O3S2/c1-3-27-18-11-9-16(10-12-18)13-19-21(26)24(22(28)29-19)15-20(25)23(2)14-17-7-5-4-6-8-17/h4-13H,3,14-15H2,1-2H3/b19-13-. The van der Waals surface area contributed by atoms with Gasteiger partial charge in [0.05, 0.1) is 11.5 Å². The number of thiocarbonyl (C=S) groups is 1. The number of ether oxygens (including phenoxy) is 1. The SMILES string of the molecule is CCOc1ccc(/C=C2\SC(=S)N(CC(=O)N(C)Cc3ccccc3)C2=O)cc1. The van der Waals surface area contributed by atoms with Crippen LogP contribution in [0.5, 0.6) is 5.75 Å². The molecule has 0 atom stereocenters. The fraction of sp³-hybridized carbons (Fsp3) is 0.227. The van der Waals surface area contributed by atoms with Gasteiger partial charge in [0.1, 0.15) is 16.6 Å². The normalized spacial score (nSPS) is 15.1. The molecule has 0 radical (unpaired) electrons. The van der Waals surface area contributed by atoms with Gasteiger partial charge in [-0.3, -0.25) is 14.5 Å². The molecule has 0 bridgehead atoms. The van der Waals surface area contributed by atoms with Crippen LogP contribution in [0.2, 0.25) is 0 Å². The van der Waals surface area contributed by atoms with E-state index in [0.717, 1.165) is 16.9 Å². The van der Waals surface area contributed by atoms with Crippen LogP contribution in [0.15, 0.2) is 59.5 Å². The fourth-order valence-corrected chi connectivity index (χ4v) is 4.07. The minimum atomic E-state index is -0.240. The Kier molecular flexibility index (Phi) is 7.06. The number of likely N-dealkylation sites (N-methyl/N-ethyl adjacent to an activating group) is 1. The second kappa shape index (κ2) is 9.71. The molecule has 2 aromatic carbocycles. The Bertz CT molecular complexity index is 927. The maximum absolute atomic E-state index is 12.8. The van der Waals surface area contributed by atoms with Crippen molar-refractivity contribution in [1.82, 2.24) is 9.80 Å². The van der Waals surface area contributed by atoms with Gasteiger partial charge in [-0.1, -0.05) is 66.4 Å². The van der Waals surface area contributed by atoms with Crippen LogP contribution in [0.4, 0.5) is 0 Å². The summed E-state index contributed by atoms with van der Waals surface area (Å²) in [4.78, 5) is 28.8. The monoisotopic (exact) mass is 426 g/mol. The van der Waals surface area contributed by atoms with Crippen LogP contribution in [-0.2, 0) is 16.1 Å². The lowest BCUT2D eigenvalue weighted by molar-refractivity contribution is -0.134. The molecule has 0 aromatic heterocycles. The van der Waals surface area contributed by atoms with Crippen LogP contribution in [0.3, 0.4) is 0 Å². The molecule has 2 amide bonds. The summed E-state index contributed by atoms with van der Waals surface area (Å²) >= 11 is 6.55. The Labute approximate surface area is 180 Å². The number of nitrogens with zero attached hydrogens (tertiary/aromatic N) is 2. The van der Waals surface area contributed by atoms with Gasteiger partial charge in [0.2, 0.25) is 5.91 Å². The number of carbonyl (C=O) groups excluding carboxylic acids is 2. The van der Waals surface area contributed by atoms with Crippen LogP contribution in [0.1, 0.15) is 18.1 Å². The van der Waals surface area contributed by atoms with Crippen LogP contribution in [-0.4, -0.2) is 46.1 Å². The van der Waals surface area contributed by atoms with Gasteiger partial charge in [-0.05, 0) is 36.3 Å². The van der Waals surface area contributed by atoms with Crippen molar-refractivity contribution in [2.24, 2.45) is 0 Å². The molecule has 1 aliphatic heterocycles. The van der Waals surface area contributed by atoms with Crippen molar-refractivity contribution in [2.45, 2.75) is 13.5 Å². The molecule has 1 fully saturated rings. The van der Waals surface area contributed by atoms with Crippen LogP contribution in [0.25, 0.3) is 6.08 Å². The minimum absolute atomic E-state index is 0.0609.